The van der Waals surface area contributed by atoms with Crippen molar-refractivity contribution in [2.75, 3.05) is 13.1 Å². The highest BCUT2D eigenvalue weighted by Gasteiger charge is 2.26. The van der Waals surface area contributed by atoms with Gasteiger partial charge in [0, 0.05) is 19.1 Å². The van der Waals surface area contributed by atoms with Gasteiger partial charge in [0.15, 0.2) is 0 Å². The topological polar surface area (TPSA) is 46.3 Å². The van der Waals surface area contributed by atoms with Gasteiger partial charge in [-0.25, -0.2) is 4.39 Å². The minimum atomic E-state index is -0.483. The van der Waals surface area contributed by atoms with Crippen LogP contribution in [0.5, 0.6) is 0 Å². The first-order valence-electron chi connectivity index (χ1n) is 7.46. The van der Waals surface area contributed by atoms with Gasteiger partial charge in [0.1, 0.15) is 5.82 Å². The fourth-order valence-corrected chi connectivity index (χ4v) is 2.76. The largest absolute Gasteiger partial charge is 0.337 e. The van der Waals surface area contributed by atoms with Gasteiger partial charge >= 0.3 is 0 Å². The summed E-state index contributed by atoms with van der Waals surface area (Å²) < 4.78 is 14.3. The van der Waals surface area contributed by atoms with Crippen molar-refractivity contribution in [3.05, 3.63) is 59.4 Å². The summed E-state index contributed by atoms with van der Waals surface area (Å²) >= 11 is 0. The van der Waals surface area contributed by atoms with E-state index in [9.17, 15) is 9.18 Å². The van der Waals surface area contributed by atoms with Crippen molar-refractivity contribution in [2.24, 2.45) is 5.73 Å². The van der Waals surface area contributed by atoms with Gasteiger partial charge in [-0.2, -0.15) is 0 Å². The number of amides is 1. The molecule has 3 rings (SSSR count). The molecule has 0 radical (unpaired) electrons. The number of halogens is 1. The second-order valence-corrected chi connectivity index (χ2v) is 5.86. The molecule has 0 bridgehead atoms. The lowest BCUT2D eigenvalue weighted by atomic mass is 10.0. The molecule has 0 aromatic heterocycles. The third-order valence-electron chi connectivity index (χ3n) is 4.10. The fourth-order valence-electron chi connectivity index (χ4n) is 2.76. The Balaban J connectivity index is 1.86. The second-order valence-electron chi connectivity index (χ2n) is 5.86. The maximum absolute atomic E-state index is 14.3. The fraction of sp³-hybridized carbons (Fsp3) is 0.278. The molecule has 0 saturated carbocycles. The molecular weight excluding hydrogens is 279 g/mol. The summed E-state index contributed by atoms with van der Waals surface area (Å²) in [6.07, 6.45) is 0.773. The van der Waals surface area contributed by atoms with Crippen LogP contribution in [-0.2, 0) is 0 Å². The molecule has 3 nitrogen and oxygen atoms in total. The van der Waals surface area contributed by atoms with E-state index in [1.54, 1.807) is 17.0 Å². The molecule has 1 saturated heterocycles. The molecule has 2 aromatic carbocycles. The summed E-state index contributed by atoms with van der Waals surface area (Å²) in [4.78, 5) is 14.0. The molecule has 1 amide bonds. The number of carbonyl (C=O) groups is 1. The molecule has 0 spiro atoms. The Labute approximate surface area is 129 Å². The zero-order chi connectivity index (χ0) is 15.7. The van der Waals surface area contributed by atoms with Crippen molar-refractivity contribution < 1.29 is 9.18 Å². The molecule has 2 N–H and O–H groups in total. The number of hydrogen-bond acceptors (Lipinski definition) is 2. The summed E-state index contributed by atoms with van der Waals surface area (Å²) in [7, 11) is 0. The molecule has 0 unspecified atom stereocenters. The van der Waals surface area contributed by atoms with Crippen LogP contribution in [0, 0.1) is 12.7 Å². The maximum Gasteiger partial charge on any atom is 0.256 e. The minimum absolute atomic E-state index is 0.00107. The van der Waals surface area contributed by atoms with Gasteiger partial charge in [-0.15, -0.1) is 0 Å². The zero-order valence-electron chi connectivity index (χ0n) is 12.6. The van der Waals surface area contributed by atoms with E-state index in [0.717, 1.165) is 23.1 Å². The van der Waals surface area contributed by atoms with Gasteiger partial charge in [0.2, 0.25) is 0 Å². The van der Waals surface area contributed by atoms with Crippen LogP contribution in [0.15, 0.2) is 42.5 Å². The molecule has 1 fully saturated rings. The van der Waals surface area contributed by atoms with Gasteiger partial charge in [-0.05, 0) is 36.6 Å². The summed E-state index contributed by atoms with van der Waals surface area (Å²) in [5, 5.41) is 0. The number of hydrogen-bond donors (Lipinski definition) is 1. The van der Waals surface area contributed by atoms with Gasteiger partial charge in [0.25, 0.3) is 5.91 Å². The highest BCUT2D eigenvalue weighted by atomic mass is 19.1. The van der Waals surface area contributed by atoms with Crippen LogP contribution in [-0.4, -0.2) is 29.9 Å². The van der Waals surface area contributed by atoms with E-state index in [1.165, 1.54) is 6.07 Å². The van der Waals surface area contributed by atoms with Gasteiger partial charge < -0.3 is 10.6 Å². The average molecular weight is 298 g/mol. The molecule has 4 heteroatoms. The first kappa shape index (κ1) is 14.7. The summed E-state index contributed by atoms with van der Waals surface area (Å²) in [6, 6.07) is 12.6. The number of benzene rings is 2. The van der Waals surface area contributed by atoms with Crippen LogP contribution in [0.3, 0.4) is 0 Å². The van der Waals surface area contributed by atoms with Crippen molar-refractivity contribution in [3.63, 3.8) is 0 Å². The van der Waals surface area contributed by atoms with E-state index < -0.39 is 5.82 Å². The molecule has 1 aliphatic rings. The molecular formula is C18H19FN2O. The third kappa shape index (κ3) is 2.88. The molecule has 22 heavy (non-hydrogen) atoms. The molecule has 1 aliphatic heterocycles. The summed E-state index contributed by atoms with van der Waals surface area (Å²) in [6.45, 7) is 3.10. The van der Waals surface area contributed by atoms with E-state index >= 15 is 0 Å². The van der Waals surface area contributed by atoms with E-state index in [1.807, 2.05) is 31.2 Å². The Hall–Kier alpha value is -2.20. The van der Waals surface area contributed by atoms with Crippen molar-refractivity contribution in [2.45, 2.75) is 19.4 Å². The van der Waals surface area contributed by atoms with Crippen molar-refractivity contribution in [1.29, 1.82) is 0 Å². The monoisotopic (exact) mass is 298 g/mol. The number of aryl methyl sites for hydroxylation is 1. The molecule has 1 atom stereocenters. The predicted octanol–water partition coefficient (Wildman–Crippen LogP) is 2.97. The number of rotatable bonds is 2. The zero-order valence-corrected chi connectivity index (χ0v) is 12.6. The second kappa shape index (κ2) is 5.89. The first-order valence-corrected chi connectivity index (χ1v) is 7.46. The Morgan fingerprint density at radius 1 is 1.18 bits per heavy atom. The minimum Gasteiger partial charge on any atom is -0.337 e. The summed E-state index contributed by atoms with van der Waals surface area (Å²) in [5.41, 5.74) is 8.78. The van der Waals surface area contributed by atoms with Crippen LogP contribution in [0.2, 0.25) is 0 Å². The molecule has 114 valence electrons. The number of likely N-dealkylation sites (tertiary alicyclic amines) is 1. The smallest absolute Gasteiger partial charge is 0.256 e. The standard InChI is InChI=1S/C18H19FN2O/c1-12-2-4-13(5-3-12)14-6-7-16(17(19)10-14)18(22)21-9-8-15(20)11-21/h2-7,10,15H,8-9,11,20H2,1H3/t15-/m0/s1. The van der Waals surface area contributed by atoms with E-state index in [4.69, 9.17) is 5.73 Å². The Morgan fingerprint density at radius 2 is 1.86 bits per heavy atom. The molecule has 2 aromatic rings. The average Bonchev–Trinajstić information content (AvgIpc) is 2.94. The highest BCUT2D eigenvalue weighted by molar-refractivity contribution is 5.95. The highest BCUT2D eigenvalue weighted by Crippen LogP contribution is 2.24. The third-order valence-corrected chi connectivity index (χ3v) is 4.10. The van der Waals surface area contributed by atoms with Crippen molar-refractivity contribution in [3.8, 4) is 11.1 Å². The quantitative estimate of drug-likeness (QED) is 0.926. The van der Waals surface area contributed by atoms with E-state index in [-0.39, 0.29) is 17.5 Å². The Bertz CT molecular complexity index is 697. The SMILES string of the molecule is Cc1ccc(-c2ccc(C(=O)N3CC[C@H](N)C3)c(F)c2)cc1. The number of nitrogens with zero attached hydrogens (tertiary/aromatic N) is 1. The van der Waals surface area contributed by atoms with Crippen LogP contribution < -0.4 is 5.73 Å². The normalized spacial score (nSPS) is 17.8. The number of nitrogens with two attached hydrogens (primary N) is 1. The Morgan fingerprint density at radius 3 is 2.45 bits per heavy atom. The van der Waals surface area contributed by atoms with Crippen molar-refractivity contribution >= 4 is 5.91 Å². The summed E-state index contributed by atoms with van der Waals surface area (Å²) in [5.74, 6) is -0.760. The van der Waals surface area contributed by atoms with Crippen LogP contribution >= 0.6 is 0 Å². The van der Waals surface area contributed by atoms with Crippen molar-refractivity contribution in [1.82, 2.24) is 4.90 Å². The van der Waals surface area contributed by atoms with Crippen LogP contribution in [0.4, 0.5) is 4.39 Å². The maximum atomic E-state index is 14.3. The van der Waals surface area contributed by atoms with Gasteiger partial charge in [-0.1, -0.05) is 35.9 Å². The van der Waals surface area contributed by atoms with Crippen LogP contribution in [0.25, 0.3) is 11.1 Å². The Kier molecular flexibility index (Phi) is 3.94. The molecule has 0 aliphatic carbocycles. The van der Waals surface area contributed by atoms with E-state index in [0.29, 0.717) is 13.1 Å². The van der Waals surface area contributed by atoms with Crippen LogP contribution in [0.1, 0.15) is 22.3 Å². The van der Waals surface area contributed by atoms with Gasteiger partial charge in [0.05, 0.1) is 5.56 Å². The lowest BCUT2D eigenvalue weighted by molar-refractivity contribution is 0.0786. The number of carbonyl (C=O) groups excluding carboxylic acids is 1. The van der Waals surface area contributed by atoms with Gasteiger partial charge in [-0.3, -0.25) is 4.79 Å². The lowest BCUT2D eigenvalue weighted by Gasteiger charge is -2.16. The lowest BCUT2D eigenvalue weighted by Crippen LogP contribution is -2.32. The first-order chi connectivity index (χ1) is 10.5. The molecule has 1 heterocycles. The van der Waals surface area contributed by atoms with E-state index in [2.05, 4.69) is 0 Å². The predicted molar refractivity (Wildman–Crippen MR) is 85.1 cm³/mol.